The van der Waals surface area contributed by atoms with Crippen LogP contribution in [0.2, 0.25) is 0 Å². The second-order valence-electron chi connectivity index (χ2n) is 4.01. The SMILES string of the molecule is COc1cccc(OC2=CC=CN(CCN)C2)c1. The number of hydrogen-bond acceptors (Lipinski definition) is 4. The molecular formula is C14H18N2O2. The van der Waals surface area contributed by atoms with E-state index in [1.54, 1.807) is 7.11 Å². The second-order valence-corrected chi connectivity index (χ2v) is 4.01. The van der Waals surface area contributed by atoms with Crippen LogP contribution in [0.15, 0.2) is 48.4 Å². The van der Waals surface area contributed by atoms with Crippen LogP contribution in [0.4, 0.5) is 0 Å². The highest BCUT2D eigenvalue weighted by Crippen LogP contribution is 2.21. The average Bonchev–Trinajstić information content (AvgIpc) is 2.40. The fourth-order valence-corrected chi connectivity index (χ4v) is 1.78. The molecule has 96 valence electrons. The Kier molecular flexibility index (Phi) is 4.25. The first-order chi connectivity index (χ1) is 8.81. The van der Waals surface area contributed by atoms with Gasteiger partial charge in [0.05, 0.1) is 13.7 Å². The van der Waals surface area contributed by atoms with Gasteiger partial charge in [0.1, 0.15) is 17.3 Å². The lowest BCUT2D eigenvalue weighted by Gasteiger charge is -2.23. The normalized spacial score (nSPS) is 14.3. The van der Waals surface area contributed by atoms with E-state index in [2.05, 4.69) is 4.90 Å². The molecule has 4 heteroatoms. The third kappa shape index (κ3) is 3.28. The Hall–Kier alpha value is -1.94. The summed E-state index contributed by atoms with van der Waals surface area (Å²) in [5.74, 6) is 2.47. The molecule has 2 rings (SSSR count). The van der Waals surface area contributed by atoms with Gasteiger partial charge < -0.3 is 20.1 Å². The van der Waals surface area contributed by atoms with Crippen LogP contribution >= 0.6 is 0 Å². The molecule has 1 heterocycles. The van der Waals surface area contributed by atoms with Crippen LogP contribution in [-0.2, 0) is 0 Å². The van der Waals surface area contributed by atoms with E-state index in [9.17, 15) is 0 Å². The maximum atomic E-state index is 5.82. The smallest absolute Gasteiger partial charge is 0.130 e. The number of benzene rings is 1. The van der Waals surface area contributed by atoms with Crippen molar-refractivity contribution in [3.63, 3.8) is 0 Å². The lowest BCUT2D eigenvalue weighted by atomic mass is 10.3. The molecule has 0 unspecified atom stereocenters. The lowest BCUT2D eigenvalue weighted by Crippen LogP contribution is -2.29. The summed E-state index contributed by atoms with van der Waals surface area (Å²) < 4.78 is 11.0. The molecule has 0 radical (unpaired) electrons. The van der Waals surface area contributed by atoms with Crippen LogP contribution in [0.3, 0.4) is 0 Å². The van der Waals surface area contributed by atoms with Crippen LogP contribution in [0.5, 0.6) is 11.5 Å². The molecule has 18 heavy (non-hydrogen) atoms. The summed E-state index contributed by atoms with van der Waals surface area (Å²) in [7, 11) is 1.64. The summed E-state index contributed by atoms with van der Waals surface area (Å²) in [6.07, 6.45) is 5.95. The molecule has 0 saturated carbocycles. The molecule has 1 aromatic carbocycles. The van der Waals surface area contributed by atoms with Crippen LogP contribution < -0.4 is 15.2 Å². The highest BCUT2D eigenvalue weighted by Gasteiger charge is 2.09. The molecule has 0 aliphatic carbocycles. The van der Waals surface area contributed by atoms with Gasteiger partial charge in [-0.15, -0.1) is 0 Å². The predicted molar refractivity (Wildman–Crippen MR) is 71.5 cm³/mol. The van der Waals surface area contributed by atoms with E-state index in [4.69, 9.17) is 15.2 Å². The van der Waals surface area contributed by atoms with E-state index in [0.717, 1.165) is 30.3 Å². The van der Waals surface area contributed by atoms with Gasteiger partial charge in [-0.05, 0) is 30.5 Å². The number of hydrogen-bond donors (Lipinski definition) is 1. The fraction of sp³-hybridized carbons (Fsp3) is 0.286. The summed E-state index contributed by atoms with van der Waals surface area (Å²) in [6.45, 7) is 2.21. The number of nitrogens with zero attached hydrogens (tertiary/aromatic N) is 1. The molecule has 0 atom stereocenters. The molecule has 4 nitrogen and oxygen atoms in total. The minimum absolute atomic E-state index is 0.636. The minimum Gasteiger partial charge on any atom is -0.497 e. The molecule has 0 amide bonds. The molecule has 0 bridgehead atoms. The highest BCUT2D eigenvalue weighted by atomic mass is 16.5. The molecule has 0 saturated heterocycles. The second kappa shape index (κ2) is 6.12. The molecule has 2 N–H and O–H groups in total. The van der Waals surface area contributed by atoms with Crippen molar-refractivity contribution in [3.8, 4) is 11.5 Å². The van der Waals surface area contributed by atoms with Crippen molar-refractivity contribution >= 4 is 0 Å². The van der Waals surface area contributed by atoms with Gasteiger partial charge in [-0.2, -0.15) is 0 Å². The summed E-state index contributed by atoms with van der Waals surface area (Å²) in [4.78, 5) is 2.12. The van der Waals surface area contributed by atoms with E-state index < -0.39 is 0 Å². The van der Waals surface area contributed by atoms with E-state index in [1.165, 1.54) is 0 Å². The van der Waals surface area contributed by atoms with Crippen molar-refractivity contribution in [1.82, 2.24) is 4.90 Å². The topological polar surface area (TPSA) is 47.7 Å². The van der Waals surface area contributed by atoms with Crippen molar-refractivity contribution in [3.05, 3.63) is 48.4 Å². The molecular weight excluding hydrogens is 228 g/mol. The van der Waals surface area contributed by atoms with E-state index >= 15 is 0 Å². The zero-order valence-electron chi connectivity index (χ0n) is 10.5. The maximum absolute atomic E-state index is 5.82. The Morgan fingerprint density at radius 3 is 2.94 bits per heavy atom. The number of rotatable bonds is 5. The van der Waals surface area contributed by atoms with Crippen molar-refractivity contribution in [2.75, 3.05) is 26.7 Å². The Morgan fingerprint density at radius 1 is 1.33 bits per heavy atom. The molecule has 0 aromatic heterocycles. The summed E-state index contributed by atoms with van der Waals surface area (Å²) >= 11 is 0. The molecule has 0 fully saturated rings. The summed E-state index contributed by atoms with van der Waals surface area (Å²) in [5.41, 5.74) is 5.54. The Balaban J connectivity index is 2.00. The van der Waals surface area contributed by atoms with Crippen LogP contribution in [-0.4, -0.2) is 31.6 Å². The van der Waals surface area contributed by atoms with E-state index in [1.807, 2.05) is 42.6 Å². The largest absolute Gasteiger partial charge is 0.497 e. The van der Waals surface area contributed by atoms with Gasteiger partial charge >= 0.3 is 0 Å². The van der Waals surface area contributed by atoms with Crippen LogP contribution in [0.25, 0.3) is 0 Å². The highest BCUT2D eigenvalue weighted by molar-refractivity contribution is 5.34. The Morgan fingerprint density at radius 2 is 2.17 bits per heavy atom. The first kappa shape index (κ1) is 12.5. The lowest BCUT2D eigenvalue weighted by molar-refractivity contribution is 0.320. The quantitative estimate of drug-likeness (QED) is 0.859. The number of ether oxygens (including phenoxy) is 2. The molecule has 1 aliphatic rings. The van der Waals surface area contributed by atoms with E-state index in [0.29, 0.717) is 6.54 Å². The minimum atomic E-state index is 0.636. The van der Waals surface area contributed by atoms with Crippen molar-refractivity contribution in [1.29, 1.82) is 0 Å². The summed E-state index contributed by atoms with van der Waals surface area (Å²) in [6, 6.07) is 7.58. The van der Waals surface area contributed by atoms with Crippen LogP contribution in [0.1, 0.15) is 0 Å². The first-order valence-electron chi connectivity index (χ1n) is 5.95. The first-order valence-corrected chi connectivity index (χ1v) is 5.95. The number of methoxy groups -OCH3 is 1. The maximum Gasteiger partial charge on any atom is 0.130 e. The predicted octanol–water partition coefficient (Wildman–Crippen LogP) is 1.75. The monoisotopic (exact) mass is 246 g/mol. The summed E-state index contributed by atoms with van der Waals surface area (Å²) in [5, 5.41) is 0. The van der Waals surface area contributed by atoms with Gasteiger partial charge in [-0.3, -0.25) is 0 Å². The zero-order chi connectivity index (χ0) is 12.8. The van der Waals surface area contributed by atoms with E-state index in [-0.39, 0.29) is 0 Å². The van der Waals surface area contributed by atoms with Crippen molar-refractivity contribution in [2.24, 2.45) is 5.73 Å². The number of nitrogens with two attached hydrogens (primary N) is 1. The number of allylic oxidation sites excluding steroid dienone is 2. The third-order valence-corrected chi connectivity index (χ3v) is 2.64. The van der Waals surface area contributed by atoms with Gasteiger partial charge in [-0.25, -0.2) is 0 Å². The Labute approximate surface area is 107 Å². The molecule has 1 aliphatic heterocycles. The molecule has 1 aromatic rings. The molecule has 0 spiro atoms. The van der Waals surface area contributed by atoms with Crippen LogP contribution in [0, 0.1) is 0 Å². The zero-order valence-corrected chi connectivity index (χ0v) is 10.5. The van der Waals surface area contributed by atoms with Gasteiger partial charge in [0.2, 0.25) is 0 Å². The standard InChI is InChI=1S/C14H18N2O2/c1-17-12-4-2-5-13(10-12)18-14-6-3-8-16(11-14)9-7-15/h2-6,8,10H,7,9,11,15H2,1H3. The Bertz CT molecular complexity index is 455. The average molecular weight is 246 g/mol. The van der Waals surface area contributed by atoms with Gasteiger partial charge in [0, 0.05) is 19.2 Å². The fourth-order valence-electron chi connectivity index (χ4n) is 1.78. The van der Waals surface area contributed by atoms with Gasteiger partial charge in [0.15, 0.2) is 0 Å². The van der Waals surface area contributed by atoms with Gasteiger partial charge in [-0.1, -0.05) is 6.07 Å². The van der Waals surface area contributed by atoms with Gasteiger partial charge in [0.25, 0.3) is 0 Å². The van der Waals surface area contributed by atoms with Crippen molar-refractivity contribution < 1.29 is 9.47 Å². The third-order valence-electron chi connectivity index (χ3n) is 2.64. The van der Waals surface area contributed by atoms with Crippen molar-refractivity contribution in [2.45, 2.75) is 0 Å².